The second-order valence-corrected chi connectivity index (χ2v) is 11.1. The van der Waals surface area contributed by atoms with Gasteiger partial charge in [0.1, 0.15) is 12.3 Å². The van der Waals surface area contributed by atoms with Crippen LogP contribution in [0.2, 0.25) is 5.02 Å². The van der Waals surface area contributed by atoms with Crippen LogP contribution in [0.15, 0.2) is 71.8 Å². The van der Waals surface area contributed by atoms with Gasteiger partial charge in [0.15, 0.2) is 0 Å². The summed E-state index contributed by atoms with van der Waals surface area (Å²) in [6.07, 6.45) is 0.526. The van der Waals surface area contributed by atoms with Gasteiger partial charge in [-0.2, -0.15) is 5.10 Å². The van der Waals surface area contributed by atoms with Gasteiger partial charge < -0.3 is 14.4 Å². The van der Waals surface area contributed by atoms with E-state index in [1.807, 2.05) is 30.3 Å². The van der Waals surface area contributed by atoms with Gasteiger partial charge in [-0.15, -0.1) is 0 Å². The molecule has 0 spiro atoms. The summed E-state index contributed by atoms with van der Waals surface area (Å²) >= 11 is 6.63. The second-order valence-electron chi connectivity index (χ2n) is 10.7. The highest BCUT2D eigenvalue weighted by molar-refractivity contribution is 6.31. The number of methoxy groups -OCH3 is 1. The topological polar surface area (TPSA) is 74.7 Å². The Morgan fingerprint density at radius 3 is 2.45 bits per heavy atom. The Kier molecular flexibility index (Phi) is 9.57. The summed E-state index contributed by atoms with van der Waals surface area (Å²) in [7, 11) is 1.59. The van der Waals surface area contributed by atoms with E-state index >= 15 is 0 Å². The van der Waals surface area contributed by atoms with Crippen molar-refractivity contribution in [3.63, 3.8) is 0 Å². The summed E-state index contributed by atoms with van der Waals surface area (Å²) in [5.74, 6) is 0.184. The molecule has 0 saturated carbocycles. The highest BCUT2D eigenvalue weighted by Crippen LogP contribution is 2.36. The van der Waals surface area contributed by atoms with Crippen LogP contribution >= 0.6 is 11.6 Å². The van der Waals surface area contributed by atoms with Gasteiger partial charge in [-0.3, -0.25) is 14.5 Å². The van der Waals surface area contributed by atoms with Gasteiger partial charge in [0, 0.05) is 43.2 Å². The first kappa shape index (κ1) is 29.8. The largest absolute Gasteiger partial charge is 0.497 e. The molecule has 1 atom stereocenters. The van der Waals surface area contributed by atoms with E-state index in [1.165, 1.54) is 10.6 Å². The highest BCUT2D eigenvalue weighted by Gasteiger charge is 2.35. The predicted octanol–water partition coefficient (Wildman–Crippen LogP) is 5.12. The molecule has 2 aliphatic heterocycles. The van der Waals surface area contributed by atoms with Crippen LogP contribution in [0.25, 0.3) is 0 Å². The minimum atomic E-state index is -0.375. The number of carbonyl (C=O) groups excluding carboxylic acids is 2. The molecule has 2 heterocycles. The molecule has 0 aliphatic carbocycles. The number of hydrazone groups is 1. The van der Waals surface area contributed by atoms with Crippen molar-refractivity contribution in [2.24, 2.45) is 5.10 Å². The molecule has 8 nitrogen and oxygen atoms in total. The molecular weight excluding hydrogens is 552 g/mol. The standard InChI is InChI=1S/C33H37ClN4O4/c1-23-8-9-26(20-24(23)2)30-21-31(28-6-4-5-7-29(28)34)38(35-30)32(39)22-37(15-14-36-16-18-42-19-17-36)33(40)25-10-12-27(41-3)13-11-25/h4-13,20,31H,14-19,21-22H2,1-3H3/t31-/m0/s1. The Labute approximate surface area is 252 Å². The minimum absolute atomic E-state index is 0.111. The summed E-state index contributed by atoms with van der Waals surface area (Å²) < 4.78 is 10.7. The first-order chi connectivity index (χ1) is 20.3. The van der Waals surface area contributed by atoms with Gasteiger partial charge >= 0.3 is 0 Å². The van der Waals surface area contributed by atoms with E-state index in [9.17, 15) is 9.59 Å². The summed E-state index contributed by atoms with van der Waals surface area (Å²) in [5.41, 5.74) is 5.47. The second kappa shape index (κ2) is 13.5. The SMILES string of the molecule is COc1ccc(C(=O)N(CCN2CCOCC2)CC(=O)N2N=C(c3ccc(C)c(C)c3)C[C@H]2c2ccccc2Cl)cc1. The summed E-state index contributed by atoms with van der Waals surface area (Å²) in [6.45, 7) is 7.98. The van der Waals surface area contributed by atoms with Crippen molar-refractivity contribution in [3.05, 3.63) is 99.6 Å². The number of hydrogen-bond donors (Lipinski definition) is 0. The van der Waals surface area contributed by atoms with Crippen LogP contribution in [0.1, 0.15) is 45.1 Å². The molecule has 9 heteroatoms. The van der Waals surface area contributed by atoms with E-state index < -0.39 is 0 Å². The summed E-state index contributed by atoms with van der Waals surface area (Å²) in [4.78, 5) is 31.7. The van der Waals surface area contributed by atoms with Crippen LogP contribution in [-0.2, 0) is 9.53 Å². The molecule has 42 heavy (non-hydrogen) atoms. The zero-order valence-corrected chi connectivity index (χ0v) is 25.1. The Hall–Kier alpha value is -3.72. The quantitative estimate of drug-likeness (QED) is 0.347. The number of halogens is 1. The number of nitrogens with zero attached hydrogens (tertiary/aromatic N) is 4. The highest BCUT2D eigenvalue weighted by atomic mass is 35.5. The molecule has 0 aromatic heterocycles. The molecule has 3 aromatic rings. The normalized spacial score (nSPS) is 17.2. The summed E-state index contributed by atoms with van der Waals surface area (Å²) in [6, 6.07) is 20.4. The Bertz CT molecular complexity index is 1450. The lowest BCUT2D eigenvalue weighted by molar-refractivity contribution is -0.133. The fraction of sp³-hybridized carbons (Fsp3) is 0.364. The molecule has 3 aromatic carbocycles. The molecule has 0 N–H and O–H groups in total. The lowest BCUT2D eigenvalue weighted by atomic mass is 9.96. The molecule has 1 fully saturated rings. The predicted molar refractivity (Wildman–Crippen MR) is 164 cm³/mol. The van der Waals surface area contributed by atoms with Crippen LogP contribution in [0.5, 0.6) is 5.75 Å². The lowest BCUT2D eigenvalue weighted by Crippen LogP contribution is -2.46. The number of amides is 2. The molecule has 0 bridgehead atoms. The average Bonchev–Trinajstić information content (AvgIpc) is 3.46. The van der Waals surface area contributed by atoms with Crippen molar-refractivity contribution >= 4 is 29.1 Å². The first-order valence-corrected chi connectivity index (χ1v) is 14.7. The third kappa shape index (κ3) is 6.84. The number of ether oxygens (including phenoxy) is 2. The number of morpholine rings is 1. The number of hydrogen-bond acceptors (Lipinski definition) is 6. The van der Waals surface area contributed by atoms with Crippen LogP contribution in [0.4, 0.5) is 0 Å². The van der Waals surface area contributed by atoms with Crippen molar-refractivity contribution in [2.45, 2.75) is 26.3 Å². The minimum Gasteiger partial charge on any atom is -0.497 e. The van der Waals surface area contributed by atoms with E-state index in [0.29, 0.717) is 49.1 Å². The Morgan fingerprint density at radius 1 is 1.02 bits per heavy atom. The lowest BCUT2D eigenvalue weighted by Gasteiger charge is -2.31. The van der Waals surface area contributed by atoms with Crippen LogP contribution in [0.3, 0.4) is 0 Å². The number of benzene rings is 3. The monoisotopic (exact) mass is 588 g/mol. The zero-order valence-electron chi connectivity index (χ0n) is 24.4. The molecule has 220 valence electrons. The molecule has 0 unspecified atom stereocenters. The smallest absolute Gasteiger partial charge is 0.262 e. The molecule has 0 radical (unpaired) electrons. The van der Waals surface area contributed by atoms with E-state index in [4.69, 9.17) is 26.2 Å². The number of carbonyl (C=O) groups is 2. The molecule has 5 rings (SSSR count). The Balaban J connectivity index is 1.43. The van der Waals surface area contributed by atoms with Crippen molar-refractivity contribution in [3.8, 4) is 5.75 Å². The van der Waals surface area contributed by atoms with Gasteiger partial charge in [-0.05, 0) is 72.5 Å². The molecule has 2 amide bonds. The maximum Gasteiger partial charge on any atom is 0.262 e. The average molecular weight is 589 g/mol. The fourth-order valence-electron chi connectivity index (χ4n) is 5.31. The van der Waals surface area contributed by atoms with E-state index in [2.05, 4.69) is 30.9 Å². The maximum atomic E-state index is 14.1. The van der Waals surface area contributed by atoms with E-state index in [1.54, 1.807) is 36.3 Å². The van der Waals surface area contributed by atoms with Crippen LogP contribution in [-0.4, -0.2) is 85.4 Å². The maximum absolute atomic E-state index is 14.1. The van der Waals surface area contributed by atoms with Gasteiger partial charge in [0.05, 0.1) is 32.1 Å². The van der Waals surface area contributed by atoms with Crippen LogP contribution < -0.4 is 4.74 Å². The number of rotatable bonds is 9. The van der Waals surface area contributed by atoms with Crippen molar-refractivity contribution < 1.29 is 19.1 Å². The van der Waals surface area contributed by atoms with Crippen molar-refractivity contribution in [1.29, 1.82) is 0 Å². The van der Waals surface area contributed by atoms with Gasteiger partial charge in [0.2, 0.25) is 0 Å². The van der Waals surface area contributed by atoms with Crippen molar-refractivity contribution in [2.75, 3.05) is 53.0 Å². The molecule has 1 saturated heterocycles. The van der Waals surface area contributed by atoms with Gasteiger partial charge in [-0.25, -0.2) is 5.01 Å². The third-order valence-corrected chi connectivity index (χ3v) is 8.35. The first-order valence-electron chi connectivity index (χ1n) is 14.3. The molecular formula is C33H37ClN4O4. The summed E-state index contributed by atoms with van der Waals surface area (Å²) in [5, 5.41) is 6.95. The van der Waals surface area contributed by atoms with E-state index in [-0.39, 0.29) is 24.4 Å². The fourth-order valence-corrected chi connectivity index (χ4v) is 5.58. The Morgan fingerprint density at radius 2 is 1.76 bits per heavy atom. The third-order valence-electron chi connectivity index (χ3n) is 8.01. The molecule has 2 aliphatic rings. The van der Waals surface area contributed by atoms with Gasteiger partial charge in [-0.1, -0.05) is 41.9 Å². The van der Waals surface area contributed by atoms with Crippen LogP contribution in [0, 0.1) is 13.8 Å². The van der Waals surface area contributed by atoms with Crippen molar-refractivity contribution in [1.82, 2.24) is 14.8 Å². The zero-order chi connectivity index (χ0) is 29.6. The van der Waals surface area contributed by atoms with E-state index in [0.717, 1.165) is 35.5 Å². The van der Waals surface area contributed by atoms with Gasteiger partial charge in [0.25, 0.3) is 11.8 Å². The number of aryl methyl sites for hydroxylation is 2.